The van der Waals surface area contributed by atoms with Gasteiger partial charge < -0.3 is 4.90 Å². The van der Waals surface area contributed by atoms with Gasteiger partial charge >= 0.3 is 0 Å². The quantitative estimate of drug-likeness (QED) is 0.787. The molecular weight excluding hydrogens is 238 g/mol. The van der Waals surface area contributed by atoms with E-state index in [1.165, 1.54) is 16.5 Å². The van der Waals surface area contributed by atoms with E-state index in [-0.39, 0.29) is 5.91 Å². The Morgan fingerprint density at radius 2 is 2.05 bits per heavy atom. The molecule has 4 heteroatoms. The Morgan fingerprint density at radius 1 is 1.32 bits per heavy atom. The number of piperidine rings is 1. The molecule has 0 atom stereocenters. The van der Waals surface area contributed by atoms with Crippen molar-refractivity contribution in [2.24, 2.45) is 0 Å². The molecule has 3 rings (SSSR count). The highest BCUT2D eigenvalue weighted by atomic mass is 16.2. The Bertz CT molecular complexity index is 609. The molecule has 0 radical (unpaired) electrons. The van der Waals surface area contributed by atoms with E-state index in [4.69, 9.17) is 0 Å². The lowest BCUT2D eigenvalue weighted by Crippen LogP contribution is -2.37. The maximum atomic E-state index is 11.4. The van der Waals surface area contributed by atoms with Gasteiger partial charge in [-0.05, 0) is 31.4 Å². The van der Waals surface area contributed by atoms with E-state index in [0.29, 0.717) is 6.04 Å². The Kier molecular flexibility index (Phi) is 3.01. The highest BCUT2D eigenvalue weighted by Crippen LogP contribution is 2.26. The van der Waals surface area contributed by atoms with Gasteiger partial charge in [0.1, 0.15) is 0 Å². The molecule has 1 saturated heterocycles. The van der Waals surface area contributed by atoms with Gasteiger partial charge in [0.2, 0.25) is 5.91 Å². The van der Waals surface area contributed by atoms with Gasteiger partial charge in [0.15, 0.2) is 0 Å². The lowest BCUT2D eigenvalue weighted by atomic mass is 10.0. The first-order valence-electron chi connectivity index (χ1n) is 6.84. The van der Waals surface area contributed by atoms with Crippen molar-refractivity contribution in [1.82, 2.24) is 14.7 Å². The molecule has 0 spiro atoms. The minimum atomic E-state index is 0.180. The molecule has 1 aliphatic rings. The van der Waals surface area contributed by atoms with Crippen molar-refractivity contribution in [3.8, 4) is 0 Å². The second-order valence-corrected chi connectivity index (χ2v) is 5.39. The van der Waals surface area contributed by atoms with Gasteiger partial charge in [0, 0.05) is 25.4 Å². The number of rotatable bonds is 1. The van der Waals surface area contributed by atoms with Crippen LogP contribution in [0.25, 0.3) is 10.9 Å². The summed E-state index contributed by atoms with van der Waals surface area (Å²) >= 11 is 0. The minimum Gasteiger partial charge on any atom is -0.343 e. The van der Waals surface area contributed by atoms with Gasteiger partial charge in [-0.25, -0.2) is 0 Å². The van der Waals surface area contributed by atoms with E-state index in [1.54, 1.807) is 6.92 Å². The van der Waals surface area contributed by atoms with Crippen LogP contribution in [0.3, 0.4) is 0 Å². The van der Waals surface area contributed by atoms with E-state index >= 15 is 0 Å². The van der Waals surface area contributed by atoms with Gasteiger partial charge in [-0.2, -0.15) is 5.10 Å². The monoisotopic (exact) mass is 257 g/mol. The van der Waals surface area contributed by atoms with E-state index in [1.807, 2.05) is 11.1 Å². The number of carbonyl (C=O) groups is 1. The topological polar surface area (TPSA) is 38.1 Å². The van der Waals surface area contributed by atoms with Crippen molar-refractivity contribution in [2.45, 2.75) is 32.7 Å². The number of benzene rings is 1. The third-order valence-electron chi connectivity index (χ3n) is 4.01. The van der Waals surface area contributed by atoms with Gasteiger partial charge in [-0.15, -0.1) is 0 Å². The zero-order chi connectivity index (χ0) is 13.4. The van der Waals surface area contributed by atoms with Crippen molar-refractivity contribution >= 4 is 16.8 Å². The molecular formula is C15H19N3O. The Morgan fingerprint density at radius 3 is 2.74 bits per heavy atom. The fourth-order valence-electron chi connectivity index (χ4n) is 2.86. The van der Waals surface area contributed by atoms with E-state index in [9.17, 15) is 4.79 Å². The zero-order valence-corrected chi connectivity index (χ0v) is 11.5. The summed E-state index contributed by atoms with van der Waals surface area (Å²) in [6, 6.07) is 6.85. The highest BCUT2D eigenvalue weighted by Gasteiger charge is 2.23. The zero-order valence-electron chi connectivity index (χ0n) is 11.5. The van der Waals surface area contributed by atoms with Gasteiger partial charge in [-0.3, -0.25) is 9.48 Å². The van der Waals surface area contributed by atoms with Crippen LogP contribution in [0.4, 0.5) is 0 Å². The summed E-state index contributed by atoms with van der Waals surface area (Å²) in [5, 5.41) is 5.74. The van der Waals surface area contributed by atoms with Crippen LogP contribution in [0, 0.1) is 6.92 Å². The van der Waals surface area contributed by atoms with Gasteiger partial charge in [-0.1, -0.05) is 12.1 Å². The number of amides is 1. The molecule has 19 heavy (non-hydrogen) atoms. The van der Waals surface area contributed by atoms with Crippen LogP contribution >= 0.6 is 0 Å². The summed E-state index contributed by atoms with van der Waals surface area (Å²) in [6.45, 7) is 5.43. The molecule has 2 aromatic rings. The summed E-state index contributed by atoms with van der Waals surface area (Å²) in [5.41, 5.74) is 2.47. The average Bonchev–Trinajstić information content (AvgIpc) is 2.81. The number of aryl methyl sites for hydroxylation is 1. The minimum absolute atomic E-state index is 0.180. The van der Waals surface area contributed by atoms with E-state index in [0.717, 1.165) is 25.9 Å². The van der Waals surface area contributed by atoms with Gasteiger partial charge in [0.05, 0.1) is 17.8 Å². The molecule has 1 aromatic heterocycles. The summed E-state index contributed by atoms with van der Waals surface area (Å²) in [7, 11) is 0. The number of nitrogens with zero attached hydrogens (tertiary/aromatic N) is 3. The Labute approximate surface area is 113 Å². The lowest BCUT2D eigenvalue weighted by Gasteiger charge is -2.31. The van der Waals surface area contributed by atoms with Crippen molar-refractivity contribution in [3.63, 3.8) is 0 Å². The molecule has 4 nitrogen and oxygen atoms in total. The maximum absolute atomic E-state index is 11.4. The molecule has 1 fully saturated rings. The van der Waals surface area contributed by atoms with Crippen LogP contribution in [-0.2, 0) is 4.79 Å². The Hall–Kier alpha value is -1.84. The highest BCUT2D eigenvalue weighted by molar-refractivity contribution is 5.79. The smallest absolute Gasteiger partial charge is 0.219 e. The van der Waals surface area contributed by atoms with Crippen molar-refractivity contribution in [3.05, 3.63) is 30.0 Å². The first-order valence-corrected chi connectivity index (χ1v) is 6.84. The van der Waals surface area contributed by atoms with Crippen LogP contribution < -0.4 is 0 Å². The first kappa shape index (κ1) is 12.2. The summed E-state index contributed by atoms with van der Waals surface area (Å²) in [6.07, 6.45) is 3.92. The van der Waals surface area contributed by atoms with Crippen LogP contribution in [0.15, 0.2) is 24.4 Å². The third kappa shape index (κ3) is 2.23. The first-order chi connectivity index (χ1) is 9.15. The lowest BCUT2D eigenvalue weighted by molar-refractivity contribution is -0.130. The number of carbonyl (C=O) groups excluding carboxylic acids is 1. The van der Waals surface area contributed by atoms with Crippen molar-refractivity contribution in [2.75, 3.05) is 13.1 Å². The molecule has 100 valence electrons. The standard InChI is InChI=1S/C15H19N3O/c1-11-3-4-13-10-16-18(15(13)9-11)14-5-7-17(8-6-14)12(2)19/h3-4,9-10,14H,5-8H2,1-2H3. The summed E-state index contributed by atoms with van der Waals surface area (Å²) in [5.74, 6) is 0.180. The largest absolute Gasteiger partial charge is 0.343 e. The number of likely N-dealkylation sites (tertiary alicyclic amines) is 1. The van der Waals surface area contributed by atoms with E-state index in [2.05, 4.69) is 34.9 Å². The molecule has 2 heterocycles. The summed E-state index contributed by atoms with van der Waals surface area (Å²) < 4.78 is 2.14. The fraction of sp³-hybridized carbons (Fsp3) is 0.467. The molecule has 0 unspecified atom stereocenters. The molecule has 1 amide bonds. The molecule has 1 aromatic carbocycles. The normalized spacial score (nSPS) is 17.1. The third-order valence-corrected chi connectivity index (χ3v) is 4.01. The molecule has 0 bridgehead atoms. The molecule has 0 aliphatic carbocycles. The number of aromatic nitrogens is 2. The van der Waals surface area contributed by atoms with Crippen LogP contribution in [0.5, 0.6) is 0 Å². The number of hydrogen-bond acceptors (Lipinski definition) is 2. The fourth-order valence-corrected chi connectivity index (χ4v) is 2.86. The van der Waals surface area contributed by atoms with Crippen molar-refractivity contribution < 1.29 is 4.79 Å². The molecule has 0 saturated carbocycles. The number of fused-ring (bicyclic) bond motifs is 1. The van der Waals surface area contributed by atoms with Crippen LogP contribution in [-0.4, -0.2) is 33.7 Å². The molecule has 0 N–H and O–H groups in total. The predicted molar refractivity (Wildman–Crippen MR) is 75.0 cm³/mol. The molecule has 1 aliphatic heterocycles. The average molecular weight is 257 g/mol. The maximum Gasteiger partial charge on any atom is 0.219 e. The Balaban J connectivity index is 1.85. The second kappa shape index (κ2) is 4.68. The van der Waals surface area contributed by atoms with Crippen LogP contribution in [0.2, 0.25) is 0 Å². The summed E-state index contributed by atoms with van der Waals surface area (Å²) in [4.78, 5) is 13.3. The van der Waals surface area contributed by atoms with Gasteiger partial charge in [0.25, 0.3) is 0 Å². The van der Waals surface area contributed by atoms with Crippen LogP contribution in [0.1, 0.15) is 31.4 Å². The predicted octanol–water partition coefficient (Wildman–Crippen LogP) is 2.53. The second-order valence-electron chi connectivity index (χ2n) is 5.39. The van der Waals surface area contributed by atoms with Crippen molar-refractivity contribution in [1.29, 1.82) is 0 Å². The van der Waals surface area contributed by atoms with E-state index < -0.39 is 0 Å². The SMILES string of the molecule is CC(=O)N1CCC(n2ncc3ccc(C)cc32)CC1. The number of hydrogen-bond donors (Lipinski definition) is 0.